The lowest BCUT2D eigenvalue weighted by Gasteiger charge is -2.11. The molecule has 0 aliphatic carbocycles. The van der Waals surface area contributed by atoms with Gasteiger partial charge in [-0.2, -0.15) is 5.10 Å². The lowest BCUT2D eigenvalue weighted by Crippen LogP contribution is -2.05. The second-order valence-corrected chi connectivity index (χ2v) is 6.83. The molecule has 8 heteroatoms. The van der Waals surface area contributed by atoms with Crippen LogP contribution >= 0.6 is 47.8 Å². The normalized spacial score (nSPS) is 10.7. The molecule has 0 radical (unpaired) electrons. The first-order chi connectivity index (χ1) is 9.81. The van der Waals surface area contributed by atoms with Crippen molar-refractivity contribution in [3.05, 3.63) is 42.5 Å². The molecule has 0 fully saturated rings. The van der Waals surface area contributed by atoms with Crippen LogP contribution in [0.2, 0.25) is 0 Å². The van der Waals surface area contributed by atoms with Crippen molar-refractivity contribution in [2.75, 3.05) is 0 Å². The van der Waals surface area contributed by atoms with Crippen LogP contribution in [0, 0.1) is 6.92 Å². The second-order valence-electron chi connectivity index (χ2n) is 4.33. The summed E-state index contributed by atoms with van der Waals surface area (Å²) in [7, 11) is 1.84. The van der Waals surface area contributed by atoms with Crippen LogP contribution in [0.3, 0.4) is 0 Å². The maximum atomic E-state index is 11.0. The van der Waals surface area contributed by atoms with E-state index in [1.807, 2.05) is 14.0 Å². The number of aromatic nitrogens is 2. The molecule has 5 nitrogen and oxygen atoms in total. The topological polar surface area (TPSA) is 64.4 Å². The number of benzene rings is 1. The molecule has 0 aliphatic heterocycles. The van der Waals surface area contributed by atoms with E-state index in [1.165, 1.54) is 12.1 Å². The molecule has 0 bridgehead atoms. The molecule has 0 unspecified atom stereocenters. The number of halogens is 3. The van der Waals surface area contributed by atoms with Gasteiger partial charge < -0.3 is 9.84 Å². The molecular weight excluding hydrogens is 472 g/mol. The van der Waals surface area contributed by atoms with Crippen molar-refractivity contribution in [3.8, 4) is 5.75 Å². The molecule has 0 saturated carbocycles. The monoisotopic (exact) mass is 480 g/mol. The minimum atomic E-state index is -0.993. The highest BCUT2D eigenvalue weighted by Crippen LogP contribution is 2.35. The van der Waals surface area contributed by atoms with Crippen LogP contribution in [0.4, 0.5) is 0 Å². The SMILES string of the molecule is Cc1nn(C)c(COc2c(Br)cc(C(=O)O)cc2Br)c1Br. The molecular formula is C13H11Br3N2O3. The maximum Gasteiger partial charge on any atom is 0.335 e. The molecule has 0 spiro atoms. The Hall–Kier alpha value is -0.860. The lowest BCUT2D eigenvalue weighted by atomic mass is 10.2. The summed E-state index contributed by atoms with van der Waals surface area (Å²) in [4.78, 5) is 11.0. The van der Waals surface area contributed by atoms with Crippen LogP contribution in [0.25, 0.3) is 0 Å². The Morgan fingerprint density at radius 2 is 1.90 bits per heavy atom. The molecule has 0 saturated heterocycles. The quantitative estimate of drug-likeness (QED) is 0.706. The first kappa shape index (κ1) is 16.5. The van der Waals surface area contributed by atoms with Gasteiger partial charge in [-0.05, 0) is 66.8 Å². The van der Waals surface area contributed by atoms with Crippen LogP contribution in [0.5, 0.6) is 5.75 Å². The van der Waals surface area contributed by atoms with E-state index in [-0.39, 0.29) is 5.56 Å². The highest BCUT2D eigenvalue weighted by atomic mass is 79.9. The highest BCUT2D eigenvalue weighted by molar-refractivity contribution is 9.11. The zero-order valence-electron chi connectivity index (χ0n) is 11.2. The van der Waals surface area contributed by atoms with E-state index < -0.39 is 5.97 Å². The van der Waals surface area contributed by atoms with E-state index in [4.69, 9.17) is 9.84 Å². The molecule has 1 aromatic heterocycles. The summed E-state index contributed by atoms with van der Waals surface area (Å²) >= 11 is 10.1. The lowest BCUT2D eigenvalue weighted by molar-refractivity contribution is 0.0696. The molecule has 0 amide bonds. The van der Waals surface area contributed by atoms with Crippen molar-refractivity contribution in [3.63, 3.8) is 0 Å². The zero-order chi connectivity index (χ0) is 15.7. The number of carbonyl (C=O) groups is 1. The summed E-state index contributed by atoms with van der Waals surface area (Å²) in [5.74, 6) is -0.446. The molecule has 2 rings (SSSR count). The number of carboxylic acid groups (broad SMARTS) is 1. The summed E-state index contributed by atoms with van der Waals surface area (Å²) < 4.78 is 9.58. The standard InChI is InChI=1S/C13H11Br3N2O3/c1-6-11(16)10(18(2)17-6)5-21-12-8(14)3-7(13(19)20)4-9(12)15/h3-4H,5H2,1-2H3,(H,19,20). The number of nitrogens with zero attached hydrogens (tertiary/aromatic N) is 2. The minimum Gasteiger partial charge on any atom is -0.485 e. The summed E-state index contributed by atoms with van der Waals surface area (Å²) in [5.41, 5.74) is 1.96. The molecule has 1 heterocycles. The molecule has 2 aromatic rings. The van der Waals surface area contributed by atoms with Crippen molar-refractivity contribution in [2.45, 2.75) is 13.5 Å². The molecule has 0 atom stereocenters. The van der Waals surface area contributed by atoms with Crippen molar-refractivity contribution >= 4 is 53.8 Å². The van der Waals surface area contributed by atoms with Crippen molar-refractivity contribution in [1.29, 1.82) is 0 Å². The molecule has 1 aromatic carbocycles. The number of hydrogen-bond acceptors (Lipinski definition) is 3. The zero-order valence-corrected chi connectivity index (χ0v) is 15.9. The van der Waals surface area contributed by atoms with Gasteiger partial charge in [0.15, 0.2) is 0 Å². The largest absolute Gasteiger partial charge is 0.485 e. The fourth-order valence-electron chi connectivity index (χ4n) is 1.80. The minimum absolute atomic E-state index is 0.179. The van der Waals surface area contributed by atoms with Crippen LogP contribution < -0.4 is 4.74 Å². The van der Waals surface area contributed by atoms with Gasteiger partial charge in [-0.15, -0.1) is 0 Å². The number of hydrogen-bond donors (Lipinski definition) is 1. The molecule has 21 heavy (non-hydrogen) atoms. The average molecular weight is 483 g/mol. The van der Waals surface area contributed by atoms with Crippen LogP contribution in [-0.2, 0) is 13.7 Å². The van der Waals surface area contributed by atoms with Gasteiger partial charge in [-0.3, -0.25) is 4.68 Å². The third kappa shape index (κ3) is 3.49. The van der Waals surface area contributed by atoms with Crippen molar-refractivity contribution < 1.29 is 14.6 Å². The van der Waals surface area contributed by atoms with Gasteiger partial charge in [-0.1, -0.05) is 0 Å². The summed E-state index contributed by atoms with van der Waals surface area (Å²) in [6.07, 6.45) is 0. The van der Waals surface area contributed by atoms with E-state index in [0.29, 0.717) is 21.3 Å². The van der Waals surface area contributed by atoms with E-state index in [1.54, 1.807) is 4.68 Å². The Balaban J connectivity index is 2.26. The number of carboxylic acids is 1. The Kier molecular flexibility index (Phi) is 5.11. The average Bonchev–Trinajstić information content (AvgIpc) is 2.63. The number of ether oxygens (including phenoxy) is 1. The number of aromatic carboxylic acids is 1. The van der Waals surface area contributed by atoms with Gasteiger partial charge in [0.25, 0.3) is 0 Å². The fraction of sp³-hybridized carbons (Fsp3) is 0.231. The molecule has 1 N–H and O–H groups in total. The van der Waals surface area contributed by atoms with E-state index >= 15 is 0 Å². The summed E-state index contributed by atoms with van der Waals surface area (Å²) in [6.45, 7) is 2.21. The maximum absolute atomic E-state index is 11.0. The Labute approximate surface area is 146 Å². The number of aryl methyl sites for hydroxylation is 2. The van der Waals surface area contributed by atoms with Crippen molar-refractivity contribution in [2.24, 2.45) is 7.05 Å². The fourth-order valence-corrected chi connectivity index (χ4v) is 3.66. The molecule has 0 aliphatic rings. The number of rotatable bonds is 4. The smallest absolute Gasteiger partial charge is 0.335 e. The Morgan fingerprint density at radius 1 is 1.33 bits per heavy atom. The predicted molar refractivity (Wildman–Crippen MR) is 88.8 cm³/mol. The van der Waals surface area contributed by atoms with Crippen LogP contribution in [-0.4, -0.2) is 20.9 Å². The Morgan fingerprint density at radius 3 is 2.33 bits per heavy atom. The van der Waals surface area contributed by atoms with Gasteiger partial charge in [-0.25, -0.2) is 4.79 Å². The second kappa shape index (κ2) is 6.50. The summed E-state index contributed by atoms with van der Waals surface area (Å²) in [5, 5.41) is 13.3. The first-order valence-corrected chi connectivity index (χ1v) is 8.22. The first-order valence-electron chi connectivity index (χ1n) is 5.84. The van der Waals surface area contributed by atoms with Crippen LogP contribution in [0.1, 0.15) is 21.7 Å². The van der Waals surface area contributed by atoms with Crippen LogP contribution in [0.15, 0.2) is 25.6 Å². The molecule has 112 valence electrons. The summed E-state index contributed by atoms with van der Waals surface area (Å²) in [6, 6.07) is 3.01. The predicted octanol–water partition coefficient (Wildman–Crippen LogP) is 4.29. The van der Waals surface area contributed by atoms with E-state index in [0.717, 1.165) is 15.9 Å². The van der Waals surface area contributed by atoms with Gasteiger partial charge in [0.05, 0.1) is 30.4 Å². The highest BCUT2D eigenvalue weighted by Gasteiger charge is 2.15. The van der Waals surface area contributed by atoms with E-state index in [2.05, 4.69) is 52.9 Å². The third-order valence-corrected chi connectivity index (χ3v) is 5.07. The van der Waals surface area contributed by atoms with Gasteiger partial charge in [0.1, 0.15) is 12.4 Å². The van der Waals surface area contributed by atoms with Gasteiger partial charge >= 0.3 is 5.97 Å². The van der Waals surface area contributed by atoms with Gasteiger partial charge in [0, 0.05) is 7.05 Å². The third-order valence-electron chi connectivity index (χ3n) is 2.86. The van der Waals surface area contributed by atoms with E-state index in [9.17, 15) is 4.79 Å². The van der Waals surface area contributed by atoms with Gasteiger partial charge in [0.2, 0.25) is 0 Å². The van der Waals surface area contributed by atoms with Crippen molar-refractivity contribution in [1.82, 2.24) is 9.78 Å². The Bertz CT molecular complexity index is 690.